The quantitative estimate of drug-likeness (QED) is 0.256. The molecule has 3 heterocycles. The Morgan fingerprint density at radius 3 is 2.41 bits per heavy atom. The Morgan fingerprint density at radius 1 is 1.28 bits per heavy atom. The lowest BCUT2D eigenvalue weighted by Gasteiger charge is -2.23. The molecular weight excluding hydrogens is 514 g/mol. The van der Waals surface area contributed by atoms with Crippen LogP contribution in [0.15, 0.2) is 18.5 Å². The number of esters is 1. The zero-order chi connectivity index (χ0) is 30.1. The van der Waals surface area contributed by atoms with Crippen molar-refractivity contribution in [3.63, 3.8) is 0 Å². The first-order valence-corrected chi connectivity index (χ1v) is 12.1. The first-order chi connectivity index (χ1) is 18.4. The van der Waals surface area contributed by atoms with Crippen LogP contribution in [-0.4, -0.2) is 75.9 Å². The van der Waals surface area contributed by atoms with Gasteiger partial charge in [0.1, 0.15) is 30.6 Å². The molecule has 2 atom stereocenters. The minimum Gasteiger partial charge on any atom is -0.468 e. The van der Waals surface area contributed by atoms with Gasteiger partial charge in [0.15, 0.2) is 11.4 Å². The van der Waals surface area contributed by atoms with Crippen LogP contribution in [0, 0.1) is 16.7 Å². The summed E-state index contributed by atoms with van der Waals surface area (Å²) < 4.78 is 21.1. The molecule has 14 heteroatoms. The predicted molar refractivity (Wildman–Crippen MR) is 139 cm³/mol. The second-order valence-electron chi connectivity index (χ2n) is 9.10. The van der Waals surface area contributed by atoms with Crippen LogP contribution < -0.4 is 5.73 Å². The minimum atomic E-state index is -1.21. The maximum Gasteiger partial charge on any atom is 0.505 e. The average Bonchev–Trinajstić information content (AvgIpc) is 3.50. The Morgan fingerprint density at radius 2 is 1.95 bits per heavy atom. The first-order valence-electron chi connectivity index (χ1n) is 12.1. The van der Waals surface area contributed by atoms with Gasteiger partial charge in [-0.2, -0.15) is 10.4 Å². The van der Waals surface area contributed by atoms with Crippen molar-refractivity contribution in [3.8, 4) is 6.07 Å². The van der Waals surface area contributed by atoms with Gasteiger partial charge in [0.25, 0.3) is 6.47 Å². The number of aromatic nitrogens is 3. The molecule has 4 N–H and O–H groups in total. The van der Waals surface area contributed by atoms with Crippen molar-refractivity contribution in [2.24, 2.45) is 5.41 Å². The summed E-state index contributed by atoms with van der Waals surface area (Å²) in [5, 5.41) is 28.5. The Bertz CT molecular complexity index is 1080. The number of nitrogens with zero attached hydrogens (tertiary/aromatic N) is 4. The van der Waals surface area contributed by atoms with E-state index in [-0.39, 0.29) is 37.1 Å². The van der Waals surface area contributed by atoms with E-state index in [4.69, 9.17) is 25.4 Å². The van der Waals surface area contributed by atoms with Gasteiger partial charge in [-0.15, -0.1) is 0 Å². The lowest BCUT2D eigenvalue weighted by Crippen LogP contribution is -2.34. The highest BCUT2D eigenvalue weighted by Crippen LogP contribution is 2.40. The van der Waals surface area contributed by atoms with Crippen molar-refractivity contribution in [3.05, 3.63) is 24.2 Å². The molecule has 2 aromatic heterocycles. The number of nitrogens with two attached hydrogens (primary N) is 1. The van der Waals surface area contributed by atoms with E-state index in [1.54, 1.807) is 18.4 Å². The number of carbonyl (C=O) groups excluding carboxylic acids is 2. The molecular formula is C25H39N5O9. The Balaban J connectivity index is 0.000000931. The van der Waals surface area contributed by atoms with E-state index >= 15 is 0 Å². The summed E-state index contributed by atoms with van der Waals surface area (Å²) in [5.41, 5.74) is 6.04. The van der Waals surface area contributed by atoms with Gasteiger partial charge in [0, 0.05) is 7.11 Å². The average molecular weight is 554 g/mol. The number of carbonyl (C=O) groups is 3. The molecule has 1 fully saturated rings. The number of aliphatic hydroxyl groups is 1. The molecule has 2 unspecified atom stereocenters. The minimum absolute atomic E-state index is 0.0741. The van der Waals surface area contributed by atoms with E-state index in [1.165, 1.54) is 6.33 Å². The van der Waals surface area contributed by atoms with E-state index in [9.17, 15) is 19.6 Å². The molecule has 0 bridgehead atoms. The summed E-state index contributed by atoms with van der Waals surface area (Å²) in [6.45, 7) is 10.3. The normalized spacial score (nSPS) is 17.5. The topological polar surface area (TPSA) is 209 Å². The maximum absolute atomic E-state index is 12.0. The second-order valence-corrected chi connectivity index (χ2v) is 9.10. The smallest absolute Gasteiger partial charge is 0.468 e. The van der Waals surface area contributed by atoms with Crippen molar-refractivity contribution in [1.82, 2.24) is 14.6 Å². The Labute approximate surface area is 227 Å². The lowest BCUT2D eigenvalue weighted by atomic mass is 9.92. The number of carboxylic acid groups (broad SMARTS) is 1. The molecule has 0 aromatic carbocycles. The van der Waals surface area contributed by atoms with E-state index in [0.29, 0.717) is 37.3 Å². The summed E-state index contributed by atoms with van der Waals surface area (Å²) in [4.78, 5) is 34.5. The number of hydrogen-bond donors (Lipinski definition) is 3. The number of ether oxygens (including phenoxy) is 4. The van der Waals surface area contributed by atoms with E-state index in [0.717, 1.165) is 12.8 Å². The summed E-state index contributed by atoms with van der Waals surface area (Å²) in [5.74, 6) is 0.0553. The van der Waals surface area contributed by atoms with Gasteiger partial charge < -0.3 is 34.9 Å². The molecule has 218 valence electrons. The van der Waals surface area contributed by atoms with Crippen LogP contribution in [0.2, 0.25) is 0 Å². The molecule has 2 aromatic rings. The Hall–Kier alpha value is -3.96. The number of anilines is 1. The highest BCUT2D eigenvalue weighted by Gasteiger charge is 2.43. The maximum atomic E-state index is 12.0. The van der Waals surface area contributed by atoms with Gasteiger partial charge in [0.05, 0.1) is 25.3 Å². The molecule has 0 spiro atoms. The zero-order valence-corrected chi connectivity index (χ0v) is 23.2. The van der Waals surface area contributed by atoms with E-state index in [1.807, 2.05) is 32.9 Å². The predicted octanol–water partition coefficient (Wildman–Crippen LogP) is 2.89. The van der Waals surface area contributed by atoms with Crippen molar-refractivity contribution < 1.29 is 43.5 Å². The SMILES string of the molecule is CC(C)(C)CC(=O)OCC1(C#N)CCC(c2ccc3c(N)ncnn23)O1.CCOC(=O)O.CCOC=O.CO. The van der Waals surface area contributed by atoms with Crippen molar-refractivity contribution in [1.29, 1.82) is 5.26 Å². The summed E-state index contributed by atoms with van der Waals surface area (Å²) in [6.07, 6.45) is 1.24. The third-order valence-electron chi connectivity index (χ3n) is 4.87. The van der Waals surface area contributed by atoms with Crippen LogP contribution in [-0.2, 0) is 28.5 Å². The molecule has 0 radical (unpaired) electrons. The fraction of sp³-hybridized carbons (Fsp3) is 0.600. The fourth-order valence-corrected chi connectivity index (χ4v) is 3.27. The third-order valence-corrected chi connectivity index (χ3v) is 4.87. The van der Waals surface area contributed by atoms with Crippen LogP contribution in [0.4, 0.5) is 10.6 Å². The van der Waals surface area contributed by atoms with Crippen LogP contribution in [0.25, 0.3) is 5.52 Å². The first kappa shape index (κ1) is 35.0. The van der Waals surface area contributed by atoms with Crippen LogP contribution in [0.3, 0.4) is 0 Å². The molecule has 1 saturated heterocycles. The van der Waals surface area contributed by atoms with Gasteiger partial charge in [-0.3, -0.25) is 9.59 Å². The lowest BCUT2D eigenvalue weighted by molar-refractivity contribution is -0.153. The van der Waals surface area contributed by atoms with Gasteiger partial charge in [0.2, 0.25) is 0 Å². The summed E-state index contributed by atoms with van der Waals surface area (Å²) >= 11 is 0. The highest BCUT2D eigenvalue weighted by atomic mass is 16.7. The summed E-state index contributed by atoms with van der Waals surface area (Å²) in [6, 6.07) is 5.87. The van der Waals surface area contributed by atoms with Crippen LogP contribution in [0.1, 0.15) is 65.7 Å². The van der Waals surface area contributed by atoms with E-state index < -0.39 is 11.8 Å². The van der Waals surface area contributed by atoms with Gasteiger partial charge in [-0.1, -0.05) is 20.8 Å². The zero-order valence-electron chi connectivity index (χ0n) is 23.2. The molecule has 3 rings (SSSR count). The van der Waals surface area contributed by atoms with Crippen molar-refractivity contribution in [2.75, 3.05) is 32.7 Å². The monoisotopic (exact) mass is 553 g/mol. The largest absolute Gasteiger partial charge is 0.505 e. The number of rotatable bonds is 7. The van der Waals surface area contributed by atoms with E-state index in [2.05, 4.69) is 25.6 Å². The van der Waals surface area contributed by atoms with Crippen LogP contribution >= 0.6 is 0 Å². The number of nitriles is 1. The molecule has 0 amide bonds. The number of nitrogen functional groups attached to an aromatic ring is 1. The number of aliphatic hydroxyl groups excluding tert-OH is 1. The molecule has 0 aliphatic carbocycles. The fourth-order valence-electron chi connectivity index (χ4n) is 3.27. The molecule has 1 aliphatic heterocycles. The van der Waals surface area contributed by atoms with Gasteiger partial charge in [-0.05, 0) is 44.2 Å². The molecule has 14 nitrogen and oxygen atoms in total. The van der Waals surface area contributed by atoms with Crippen LogP contribution in [0.5, 0.6) is 0 Å². The highest BCUT2D eigenvalue weighted by molar-refractivity contribution is 5.70. The van der Waals surface area contributed by atoms with Gasteiger partial charge >= 0.3 is 12.1 Å². The van der Waals surface area contributed by atoms with Crippen molar-refractivity contribution in [2.45, 2.75) is 65.6 Å². The number of fused-ring (bicyclic) bond motifs is 1. The molecule has 39 heavy (non-hydrogen) atoms. The number of hydrogen-bond acceptors (Lipinski definition) is 12. The second kappa shape index (κ2) is 17.5. The summed E-state index contributed by atoms with van der Waals surface area (Å²) in [7, 11) is 1.00. The van der Waals surface area contributed by atoms with Gasteiger partial charge in [-0.25, -0.2) is 14.3 Å². The third kappa shape index (κ3) is 12.4. The molecule has 1 aliphatic rings. The Kier molecular flexibility index (Phi) is 15.8. The van der Waals surface area contributed by atoms with Crippen molar-refractivity contribution >= 4 is 29.9 Å². The standard InChI is InChI=1S/C18H23N5O3.C3H6O3.C3H6O2.CH4O/c1-17(2,3)8-15(24)25-10-18(9-19)7-6-14(26-18)12-4-5-13-16(20)21-11-22-23(12)13;1-2-6-3(4)5;1-2-5-3-4;1-2/h4-5,11,14H,6-8,10H2,1-3H3,(H2,20,21,22);2H2,1H3,(H,4,5);3H,2H2,1H3;2H,1H3. The molecule has 0 saturated carbocycles.